The van der Waals surface area contributed by atoms with Crippen LogP contribution < -0.4 is 10.1 Å². The van der Waals surface area contributed by atoms with Gasteiger partial charge in [-0.1, -0.05) is 106 Å². The number of ether oxygens (including phenoxy) is 2. The van der Waals surface area contributed by atoms with Crippen LogP contribution in [0.5, 0.6) is 5.75 Å². The Morgan fingerprint density at radius 3 is 2.02 bits per heavy atom. The normalized spacial score (nSPS) is 11.7. The predicted octanol–water partition coefficient (Wildman–Crippen LogP) is 6.57. The number of carbonyl (C=O) groups is 3. The quantitative estimate of drug-likeness (QED) is 0.140. The van der Waals surface area contributed by atoms with Crippen LogP contribution in [-0.4, -0.2) is 48.9 Å². The molecule has 7 nitrogen and oxygen atoms in total. The summed E-state index contributed by atoms with van der Waals surface area (Å²) in [4.78, 5) is 40.9. The molecule has 0 spiro atoms. The van der Waals surface area contributed by atoms with Crippen molar-refractivity contribution in [3.8, 4) is 5.75 Å². The molecule has 4 rings (SSSR count). The number of para-hydroxylation sites is 1. The highest BCUT2D eigenvalue weighted by Crippen LogP contribution is 2.23. The van der Waals surface area contributed by atoms with Crippen molar-refractivity contribution in [1.82, 2.24) is 4.90 Å². The zero-order chi connectivity index (χ0) is 31.5. The van der Waals surface area contributed by atoms with E-state index >= 15 is 0 Å². The maximum absolute atomic E-state index is 13.2. The number of nitrogens with one attached hydrogen (secondary N) is 1. The van der Waals surface area contributed by atoms with Crippen molar-refractivity contribution in [3.63, 3.8) is 0 Å². The van der Waals surface area contributed by atoms with Crippen molar-refractivity contribution in [3.05, 3.63) is 131 Å². The second-order valence-electron chi connectivity index (χ2n) is 11.6. The molecule has 44 heavy (non-hydrogen) atoms. The Bertz CT molecular complexity index is 1530. The zero-order valence-electron chi connectivity index (χ0n) is 25.8. The van der Waals surface area contributed by atoms with E-state index in [-0.39, 0.29) is 11.7 Å². The van der Waals surface area contributed by atoms with Crippen LogP contribution in [0.2, 0.25) is 0 Å². The highest BCUT2D eigenvalue weighted by molar-refractivity contribution is 6.12. The molecule has 4 aromatic carbocycles. The summed E-state index contributed by atoms with van der Waals surface area (Å²) >= 11 is 0. The first-order valence-electron chi connectivity index (χ1n) is 14.7. The zero-order valence-corrected chi connectivity index (χ0v) is 25.8. The smallest absolute Gasteiger partial charge is 0.328 e. The summed E-state index contributed by atoms with van der Waals surface area (Å²) in [5.41, 5.74) is 3.05. The first-order valence-corrected chi connectivity index (χ1v) is 14.7. The predicted molar refractivity (Wildman–Crippen MR) is 173 cm³/mol. The number of hydrogen-bond donors (Lipinski definition) is 1. The van der Waals surface area contributed by atoms with E-state index in [2.05, 4.69) is 5.32 Å². The first kappa shape index (κ1) is 32.0. The van der Waals surface area contributed by atoms with E-state index in [1.54, 1.807) is 30.3 Å². The molecule has 0 unspecified atom stereocenters. The van der Waals surface area contributed by atoms with Gasteiger partial charge in [0, 0.05) is 35.2 Å². The van der Waals surface area contributed by atoms with Gasteiger partial charge < -0.3 is 19.7 Å². The number of rotatable bonds is 13. The molecule has 1 amide bonds. The van der Waals surface area contributed by atoms with Gasteiger partial charge in [-0.25, -0.2) is 4.79 Å². The lowest BCUT2D eigenvalue weighted by atomic mass is 9.94. The molecule has 4 aromatic rings. The van der Waals surface area contributed by atoms with Crippen molar-refractivity contribution in [2.45, 2.75) is 39.8 Å². The largest absolute Gasteiger partial charge is 0.492 e. The van der Waals surface area contributed by atoms with Gasteiger partial charge in [0.15, 0.2) is 5.78 Å². The van der Waals surface area contributed by atoms with Crippen LogP contribution in [0.15, 0.2) is 109 Å². The summed E-state index contributed by atoms with van der Waals surface area (Å²) < 4.78 is 11.1. The van der Waals surface area contributed by atoms with Crippen LogP contribution >= 0.6 is 0 Å². The molecule has 228 valence electrons. The van der Waals surface area contributed by atoms with Crippen molar-refractivity contribution in [2.75, 3.05) is 25.6 Å². The Morgan fingerprint density at radius 1 is 0.773 bits per heavy atom. The van der Waals surface area contributed by atoms with E-state index in [1.165, 1.54) is 7.11 Å². The number of carbonyl (C=O) groups excluding carboxylic acids is 3. The molecule has 0 aromatic heterocycles. The summed E-state index contributed by atoms with van der Waals surface area (Å²) in [5.74, 6) is 0.159. The molecule has 1 N–H and O–H groups in total. The van der Waals surface area contributed by atoms with Gasteiger partial charge >= 0.3 is 5.97 Å². The minimum atomic E-state index is -0.716. The number of nitrogens with zero attached hydrogens (tertiary/aromatic N) is 1. The topological polar surface area (TPSA) is 84.9 Å². The Kier molecular flexibility index (Phi) is 10.9. The second kappa shape index (κ2) is 15.0. The van der Waals surface area contributed by atoms with Crippen molar-refractivity contribution >= 4 is 23.3 Å². The van der Waals surface area contributed by atoms with Crippen LogP contribution in [-0.2, 0) is 27.3 Å². The number of hydrogen-bond acceptors (Lipinski definition) is 6. The number of anilines is 1. The summed E-state index contributed by atoms with van der Waals surface area (Å²) in [7, 11) is 1.35. The number of esters is 1. The van der Waals surface area contributed by atoms with Crippen molar-refractivity contribution in [2.24, 2.45) is 5.41 Å². The van der Waals surface area contributed by atoms with Gasteiger partial charge in [0.25, 0.3) is 0 Å². The second-order valence-corrected chi connectivity index (χ2v) is 11.6. The van der Waals surface area contributed by atoms with E-state index in [0.717, 1.165) is 11.1 Å². The summed E-state index contributed by atoms with van der Waals surface area (Å²) in [6.45, 7) is 7.06. The van der Waals surface area contributed by atoms with Crippen molar-refractivity contribution in [1.29, 1.82) is 0 Å². The van der Waals surface area contributed by atoms with Crippen LogP contribution in [0.1, 0.15) is 47.8 Å². The van der Waals surface area contributed by atoms with E-state index in [0.29, 0.717) is 48.7 Å². The van der Waals surface area contributed by atoms with Gasteiger partial charge in [0.2, 0.25) is 5.91 Å². The van der Waals surface area contributed by atoms with Crippen LogP contribution in [0, 0.1) is 5.41 Å². The monoisotopic (exact) mass is 592 g/mol. The fourth-order valence-electron chi connectivity index (χ4n) is 4.84. The van der Waals surface area contributed by atoms with Crippen LogP contribution in [0.25, 0.3) is 0 Å². The molecule has 0 aliphatic rings. The maximum Gasteiger partial charge on any atom is 0.328 e. The highest BCUT2D eigenvalue weighted by atomic mass is 16.5. The van der Waals surface area contributed by atoms with Gasteiger partial charge in [-0.2, -0.15) is 0 Å². The Hall–Kier alpha value is -4.91. The van der Waals surface area contributed by atoms with Crippen LogP contribution in [0.4, 0.5) is 5.69 Å². The van der Waals surface area contributed by atoms with E-state index in [4.69, 9.17) is 9.47 Å². The third-order valence-electron chi connectivity index (χ3n) is 7.16. The molecule has 7 heteroatoms. The minimum absolute atomic E-state index is 0.0636. The Balaban J connectivity index is 1.40. The standard InChI is InChI=1S/C37H40N2O5/c1-37(2,3)36(42)39(26-28-13-7-5-8-14-28)23-24-44-30-21-19-27(20-22-30)25-33(35(41)43-4)38-32-18-12-11-17-31(32)34(40)29-15-9-6-10-16-29/h5-22,33,38H,23-26H2,1-4H3/t33-/m0/s1. The van der Waals surface area contributed by atoms with Gasteiger partial charge in [-0.05, 0) is 35.4 Å². The summed E-state index contributed by atoms with van der Waals surface area (Å²) in [5, 5.41) is 3.24. The highest BCUT2D eigenvalue weighted by Gasteiger charge is 2.27. The van der Waals surface area contributed by atoms with Gasteiger partial charge in [-0.3, -0.25) is 9.59 Å². The van der Waals surface area contributed by atoms with E-state index in [1.807, 2.05) is 105 Å². The molecule has 0 radical (unpaired) electrons. The van der Waals surface area contributed by atoms with Gasteiger partial charge in [0.05, 0.1) is 13.7 Å². The average molecular weight is 593 g/mol. The lowest BCUT2D eigenvalue weighted by molar-refractivity contribution is -0.141. The average Bonchev–Trinajstić information content (AvgIpc) is 3.04. The molecule has 0 fully saturated rings. The number of ketones is 1. The fourth-order valence-corrected chi connectivity index (χ4v) is 4.84. The van der Waals surface area contributed by atoms with Crippen LogP contribution in [0.3, 0.4) is 0 Å². The molecular weight excluding hydrogens is 552 g/mol. The molecular formula is C37H40N2O5. The molecule has 0 saturated carbocycles. The Morgan fingerprint density at radius 2 is 1.39 bits per heavy atom. The third kappa shape index (κ3) is 8.80. The molecule has 0 bridgehead atoms. The molecule has 0 saturated heterocycles. The number of methoxy groups -OCH3 is 1. The fraction of sp³-hybridized carbons (Fsp3) is 0.270. The lowest BCUT2D eigenvalue weighted by Crippen LogP contribution is -2.41. The van der Waals surface area contributed by atoms with Crippen molar-refractivity contribution < 1.29 is 23.9 Å². The molecule has 1 atom stereocenters. The number of benzene rings is 4. The SMILES string of the molecule is COC(=O)[C@H](Cc1ccc(OCCN(Cc2ccccc2)C(=O)C(C)(C)C)cc1)Nc1ccccc1C(=O)c1ccccc1. The van der Waals surface area contributed by atoms with E-state index < -0.39 is 17.4 Å². The molecule has 0 aliphatic heterocycles. The number of amides is 1. The molecule has 0 heterocycles. The summed E-state index contributed by atoms with van der Waals surface area (Å²) in [6.07, 6.45) is 0.339. The van der Waals surface area contributed by atoms with Gasteiger partial charge in [-0.15, -0.1) is 0 Å². The summed E-state index contributed by atoms with van der Waals surface area (Å²) in [6, 6.07) is 32.9. The lowest BCUT2D eigenvalue weighted by Gasteiger charge is -2.29. The van der Waals surface area contributed by atoms with Gasteiger partial charge in [0.1, 0.15) is 18.4 Å². The third-order valence-corrected chi connectivity index (χ3v) is 7.16. The maximum atomic E-state index is 13.2. The minimum Gasteiger partial charge on any atom is -0.492 e. The first-order chi connectivity index (χ1) is 21.2. The van der Waals surface area contributed by atoms with E-state index in [9.17, 15) is 14.4 Å². The Labute approximate surface area is 259 Å². The molecule has 0 aliphatic carbocycles.